The monoisotopic (exact) mass is 402 g/mol. The zero-order chi connectivity index (χ0) is 13.8. The average molecular weight is 404 g/mol. The van der Waals surface area contributed by atoms with Crippen LogP contribution < -0.4 is 10.6 Å². The lowest BCUT2D eigenvalue weighted by Crippen LogP contribution is -2.18. The Bertz CT molecular complexity index is 554. The Hall–Kier alpha value is -0.360. The second-order valence-electron chi connectivity index (χ2n) is 4.43. The first kappa shape index (κ1) is 15.0. The van der Waals surface area contributed by atoms with Crippen molar-refractivity contribution in [2.24, 2.45) is 5.73 Å². The van der Waals surface area contributed by atoms with Gasteiger partial charge < -0.3 is 10.6 Å². The summed E-state index contributed by atoms with van der Waals surface area (Å²) < 4.78 is 2.27. The smallest absolute Gasteiger partial charge is 0.0701 e. The fraction of sp³-hybridized carbons (Fsp3) is 0.286. The first-order valence-corrected chi connectivity index (χ1v) is 8.49. The molecular formula is C14H16Br2N2S. The van der Waals surface area contributed by atoms with Crippen LogP contribution in [0.5, 0.6) is 0 Å². The van der Waals surface area contributed by atoms with Gasteiger partial charge in [-0.25, -0.2) is 0 Å². The molecule has 0 spiro atoms. The quantitative estimate of drug-likeness (QED) is 0.800. The first-order chi connectivity index (χ1) is 9.10. The third-order valence-corrected chi connectivity index (χ3v) is 4.96. The molecular weight excluding hydrogens is 388 g/mol. The normalized spacial score (nSPS) is 10.7. The Morgan fingerprint density at radius 3 is 2.68 bits per heavy atom. The Morgan fingerprint density at radius 1 is 1.26 bits per heavy atom. The Morgan fingerprint density at radius 2 is 2.05 bits per heavy atom. The van der Waals surface area contributed by atoms with E-state index in [0.29, 0.717) is 6.54 Å². The van der Waals surface area contributed by atoms with Crippen LogP contribution in [0.15, 0.2) is 37.9 Å². The van der Waals surface area contributed by atoms with E-state index < -0.39 is 0 Å². The molecule has 102 valence electrons. The molecule has 0 saturated carbocycles. The van der Waals surface area contributed by atoms with Crippen LogP contribution in [0.3, 0.4) is 0 Å². The van der Waals surface area contributed by atoms with E-state index in [-0.39, 0.29) is 0 Å². The second kappa shape index (κ2) is 6.88. The summed E-state index contributed by atoms with van der Waals surface area (Å²) in [4.78, 5) is 2.27. The number of thiophene rings is 1. The average Bonchev–Trinajstić information content (AvgIpc) is 2.77. The number of benzene rings is 1. The molecule has 0 aliphatic heterocycles. The second-order valence-corrected chi connectivity index (χ2v) is 7.63. The molecule has 2 rings (SSSR count). The number of halogens is 2. The van der Waals surface area contributed by atoms with E-state index in [1.54, 1.807) is 11.3 Å². The maximum absolute atomic E-state index is 5.69. The first-order valence-electron chi connectivity index (χ1n) is 6.02. The van der Waals surface area contributed by atoms with Gasteiger partial charge in [0.05, 0.1) is 3.79 Å². The summed E-state index contributed by atoms with van der Waals surface area (Å²) in [7, 11) is 2.12. The van der Waals surface area contributed by atoms with Gasteiger partial charge in [0.2, 0.25) is 0 Å². The van der Waals surface area contributed by atoms with Crippen LogP contribution in [-0.2, 0) is 13.0 Å². The van der Waals surface area contributed by atoms with Crippen molar-refractivity contribution >= 4 is 48.9 Å². The van der Waals surface area contributed by atoms with Gasteiger partial charge in [-0.2, -0.15) is 0 Å². The van der Waals surface area contributed by atoms with Crippen molar-refractivity contribution in [3.05, 3.63) is 49.0 Å². The minimum Gasteiger partial charge on any atom is -0.370 e. The Kier molecular flexibility index (Phi) is 5.45. The Balaban J connectivity index is 2.21. The summed E-state index contributed by atoms with van der Waals surface area (Å²) in [6.45, 7) is 1.57. The minimum absolute atomic E-state index is 0.673. The fourth-order valence-electron chi connectivity index (χ4n) is 2.05. The molecule has 0 aliphatic rings. The molecule has 0 bridgehead atoms. The van der Waals surface area contributed by atoms with E-state index in [0.717, 1.165) is 17.4 Å². The fourth-order valence-corrected chi connectivity index (χ4v) is 3.60. The number of nitrogens with zero attached hydrogens (tertiary/aromatic N) is 1. The highest BCUT2D eigenvalue weighted by Gasteiger charge is 2.09. The summed E-state index contributed by atoms with van der Waals surface area (Å²) >= 11 is 8.77. The summed E-state index contributed by atoms with van der Waals surface area (Å²) in [6.07, 6.45) is 0.903. The highest BCUT2D eigenvalue weighted by atomic mass is 79.9. The molecule has 0 unspecified atom stereocenters. The zero-order valence-electron chi connectivity index (χ0n) is 10.7. The van der Waals surface area contributed by atoms with Crippen LogP contribution in [-0.4, -0.2) is 13.6 Å². The lowest BCUT2D eigenvalue weighted by Gasteiger charge is -2.22. The summed E-state index contributed by atoms with van der Waals surface area (Å²) in [5, 5.41) is 2.18. The largest absolute Gasteiger partial charge is 0.370 e. The standard InChI is InChI=1S/C14H16Br2N2S/c1-18(8-10-6-14(16)19-9-10)13-7-12(15)3-2-11(13)4-5-17/h2-3,6-7,9H,4-5,8,17H2,1H3. The van der Waals surface area contributed by atoms with E-state index in [4.69, 9.17) is 5.73 Å². The highest BCUT2D eigenvalue weighted by molar-refractivity contribution is 9.11. The predicted molar refractivity (Wildman–Crippen MR) is 91.0 cm³/mol. The van der Waals surface area contributed by atoms with Crippen molar-refractivity contribution in [1.29, 1.82) is 0 Å². The van der Waals surface area contributed by atoms with Gasteiger partial charge in [-0.15, -0.1) is 11.3 Å². The maximum Gasteiger partial charge on any atom is 0.0701 e. The predicted octanol–water partition coefficient (Wildman–Crippen LogP) is 4.41. The number of hydrogen-bond donors (Lipinski definition) is 1. The molecule has 0 radical (unpaired) electrons. The van der Waals surface area contributed by atoms with E-state index in [1.807, 2.05) is 0 Å². The molecule has 0 atom stereocenters. The van der Waals surface area contributed by atoms with E-state index in [1.165, 1.54) is 20.6 Å². The topological polar surface area (TPSA) is 29.3 Å². The third-order valence-electron chi connectivity index (χ3n) is 2.91. The highest BCUT2D eigenvalue weighted by Crippen LogP contribution is 2.28. The van der Waals surface area contributed by atoms with Gasteiger partial charge in [0.15, 0.2) is 0 Å². The van der Waals surface area contributed by atoms with Crippen LogP contribution in [0.4, 0.5) is 5.69 Å². The summed E-state index contributed by atoms with van der Waals surface area (Å²) in [5.41, 5.74) is 9.54. The van der Waals surface area contributed by atoms with Crippen molar-refractivity contribution in [2.75, 3.05) is 18.5 Å². The van der Waals surface area contributed by atoms with Gasteiger partial charge in [-0.05, 0) is 63.6 Å². The molecule has 0 amide bonds. The lowest BCUT2D eigenvalue weighted by molar-refractivity contribution is 0.894. The third kappa shape index (κ3) is 4.05. The van der Waals surface area contributed by atoms with Crippen LogP contribution in [0.1, 0.15) is 11.1 Å². The number of nitrogens with two attached hydrogens (primary N) is 1. The van der Waals surface area contributed by atoms with Gasteiger partial charge in [-0.1, -0.05) is 22.0 Å². The summed E-state index contributed by atoms with van der Waals surface area (Å²) in [6, 6.07) is 8.55. The van der Waals surface area contributed by atoms with Gasteiger partial charge in [0.25, 0.3) is 0 Å². The lowest BCUT2D eigenvalue weighted by atomic mass is 10.1. The van der Waals surface area contributed by atoms with Crippen LogP contribution in [0, 0.1) is 0 Å². The molecule has 2 N–H and O–H groups in total. The molecule has 1 heterocycles. The SMILES string of the molecule is CN(Cc1csc(Br)c1)c1cc(Br)ccc1CCN. The van der Waals surface area contributed by atoms with Gasteiger partial charge >= 0.3 is 0 Å². The van der Waals surface area contributed by atoms with Gasteiger partial charge in [0, 0.05) is 23.8 Å². The van der Waals surface area contributed by atoms with E-state index in [9.17, 15) is 0 Å². The molecule has 5 heteroatoms. The molecule has 0 saturated heterocycles. The van der Waals surface area contributed by atoms with Crippen LogP contribution in [0.2, 0.25) is 0 Å². The minimum atomic E-state index is 0.673. The maximum atomic E-state index is 5.69. The molecule has 2 aromatic rings. The molecule has 19 heavy (non-hydrogen) atoms. The molecule has 2 nitrogen and oxygen atoms in total. The van der Waals surface area contributed by atoms with Crippen LogP contribution in [0.25, 0.3) is 0 Å². The van der Waals surface area contributed by atoms with Crippen molar-refractivity contribution in [1.82, 2.24) is 0 Å². The Labute approximate surface area is 134 Å². The molecule has 1 aromatic carbocycles. The van der Waals surface area contributed by atoms with Gasteiger partial charge in [-0.3, -0.25) is 0 Å². The molecule has 0 aliphatic carbocycles. The van der Waals surface area contributed by atoms with Crippen LogP contribution >= 0.6 is 43.2 Å². The molecule has 1 aromatic heterocycles. The van der Waals surface area contributed by atoms with Crippen molar-refractivity contribution in [2.45, 2.75) is 13.0 Å². The van der Waals surface area contributed by atoms with E-state index in [2.05, 4.69) is 73.5 Å². The zero-order valence-corrected chi connectivity index (χ0v) is 14.7. The van der Waals surface area contributed by atoms with E-state index >= 15 is 0 Å². The summed E-state index contributed by atoms with van der Waals surface area (Å²) in [5.74, 6) is 0. The number of hydrogen-bond acceptors (Lipinski definition) is 3. The van der Waals surface area contributed by atoms with Gasteiger partial charge in [0.1, 0.15) is 0 Å². The number of anilines is 1. The number of rotatable bonds is 5. The molecule has 0 fully saturated rings. The van der Waals surface area contributed by atoms with Crippen molar-refractivity contribution < 1.29 is 0 Å². The van der Waals surface area contributed by atoms with Crippen molar-refractivity contribution in [3.63, 3.8) is 0 Å². The van der Waals surface area contributed by atoms with Crippen molar-refractivity contribution in [3.8, 4) is 0 Å².